The van der Waals surface area contributed by atoms with E-state index in [2.05, 4.69) is 48.1 Å². The summed E-state index contributed by atoms with van der Waals surface area (Å²) in [5.41, 5.74) is 10.6. The molecule has 24 heteroatoms. The normalized spacial score (nSPS) is 14.9. The van der Waals surface area contributed by atoms with Crippen LogP contribution >= 0.6 is 11.3 Å². The van der Waals surface area contributed by atoms with Gasteiger partial charge in [0.2, 0.25) is 23.6 Å². The fraction of sp³-hybridized carbons (Fsp3) is 0.589. The van der Waals surface area contributed by atoms with Gasteiger partial charge in [0, 0.05) is 45.4 Å². The van der Waals surface area contributed by atoms with Gasteiger partial charge in [0.15, 0.2) is 23.1 Å². The first-order valence-electron chi connectivity index (χ1n) is 27.3. The Morgan fingerprint density at radius 2 is 1.54 bits per heavy atom. The van der Waals surface area contributed by atoms with Gasteiger partial charge in [-0.05, 0) is 73.3 Å². The number of hydrogen-bond donors (Lipinski definition) is 6. The number of thiazole rings is 1. The molecule has 0 saturated carbocycles. The van der Waals surface area contributed by atoms with E-state index in [1.807, 2.05) is 69.0 Å². The Bertz CT molecular complexity index is 2850. The Hall–Kier alpha value is -6.59. The van der Waals surface area contributed by atoms with E-state index in [0.29, 0.717) is 99.8 Å². The number of nitrogens with one attached hydrogen (secondary N) is 3. The summed E-state index contributed by atoms with van der Waals surface area (Å²) in [5, 5.41) is 37.1. The molecule has 0 spiro atoms. The second-order valence-corrected chi connectivity index (χ2v) is 21.9. The number of imidazole rings is 1. The maximum absolute atomic E-state index is 14.0. The predicted molar refractivity (Wildman–Crippen MR) is 300 cm³/mol. The van der Waals surface area contributed by atoms with Crippen LogP contribution in [0.5, 0.6) is 5.75 Å². The van der Waals surface area contributed by atoms with Crippen molar-refractivity contribution in [1.29, 1.82) is 0 Å². The number of pyridine rings is 1. The van der Waals surface area contributed by atoms with E-state index in [0.717, 1.165) is 53.8 Å². The number of amides is 4. The van der Waals surface area contributed by atoms with E-state index < -0.39 is 35.1 Å². The number of carbonyl (C=O) groups is 4. The van der Waals surface area contributed by atoms with Crippen LogP contribution in [0.2, 0.25) is 0 Å². The van der Waals surface area contributed by atoms with Gasteiger partial charge in [-0.3, -0.25) is 19.2 Å². The molecule has 4 amide bonds. The maximum Gasteiger partial charge on any atom is 0.246 e. The SMILES string of the molecule is CCn1c(-c2nonc2N)nc2c(C#CC(C)(C)O)ncc(OCCCCCCCC(=O)NCCOCCOCCOCCOCCC(=O)N[C@H](C(=O)N3C[C@H](O)C[C@H]3C(=O)NCc3ccc(-c4scnc4C)cc3)C(C)(C)C)c21. The maximum atomic E-state index is 14.0. The van der Waals surface area contributed by atoms with Crippen molar-refractivity contribution < 1.29 is 57.7 Å². The molecule has 80 heavy (non-hydrogen) atoms. The molecule has 1 fully saturated rings. The summed E-state index contributed by atoms with van der Waals surface area (Å²) < 4.78 is 35.3. The second kappa shape index (κ2) is 30.8. The standard InChI is InChI=1S/C56H79N11O12S/c1-8-66-48-43(34-59-41(19-21-56(6,7)73)46(48)63-52(66)47-51(57)65-79-64-47)78-23-13-11-9-10-12-14-44(69)58-22-25-75-27-29-77-31-30-76-28-26-74-24-20-45(70)62-50(55(3,4)5)54(72)67-35-40(68)32-42(67)53(71)60-33-38-15-17-39(18-16-38)49-37(2)61-36-80-49/h15-18,34,36,40,42,50,68,73H,8-14,20,22-33,35H2,1-7H3,(H2,57,65)(H,58,69)(H,60,71)(H,62,70)/t40-,42+,50-/m1/s1. The van der Waals surface area contributed by atoms with Gasteiger partial charge in [0.1, 0.15) is 34.4 Å². The molecular formula is C56H79N11O12S. The summed E-state index contributed by atoms with van der Waals surface area (Å²) in [6, 6.07) is 6.04. The monoisotopic (exact) mass is 1130 g/mol. The van der Waals surface area contributed by atoms with Crippen LogP contribution < -0.4 is 26.4 Å². The molecule has 4 aromatic heterocycles. The predicted octanol–water partition coefficient (Wildman–Crippen LogP) is 4.74. The lowest BCUT2D eigenvalue weighted by atomic mass is 9.85. The van der Waals surface area contributed by atoms with Crippen LogP contribution in [-0.2, 0) is 51.2 Å². The topological polar surface area (TPSA) is 303 Å². The third-order valence-corrected chi connectivity index (χ3v) is 13.9. The number of aryl methyl sites for hydroxylation is 2. The average molecular weight is 1130 g/mol. The fourth-order valence-corrected chi connectivity index (χ4v) is 9.56. The molecule has 0 bridgehead atoms. The second-order valence-electron chi connectivity index (χ2n) is 21.0. The van der Waals surface area contributed by atoms with Crippen LogP contribution in [0, 0.1) is 24.2 Å². The first kappa shape index (κ1) is 62.6. The van der Waals surface area contributed by atoms with Crippen LogP contribution in [0.1, 0.15) is 110 Å². The number of aromatic nitrogens is 6. The van der Waals surface area contributed by atoms with Crippen molar-refractivity contribution in [2.75, 3.05) is 78.3 Å². The van der Waals surface area contributed by atoms with Crippen molar-refractivity contribution in [2.24, 2.45) is 5.41 Å². The van der Waals surface area contributed by atoms with Gasteiger partial charge in [-0.15, -0.1) is 11.3 Å². The van der Waals surface area contributed by atoms with Crippen LogP contribution in [0.25, 0.3) is 33.0 Å². The van der Waals surface area contributed by atoms with E-state index in [1.165, 1.54) is 4.90 Å². The summed E-state index contributed by atoms with van der Waals surface area (Å²) in [6.45, 7) is 16.7. The Balaban J connectivity index is 0.749. The summed E-state index contributed by atoms with van der Waals surface area (Å²) >= 11 is 1.57. The number of nitrogens with zero attached hydrogens (tertiary/aromatic N) is 7. The average Bonchev–Trinajstić information content (AvgIpc) is 4.31. The molecule has 1 saturated heterocycles. The van der Waals surface area contributed by atoms with Crippen LogP contribution in [0.3, 0.4) is 0 Å². The number of benzene rings is 1. The lowest BCUT2D eigenvalue weighted by molar-refractivity contribution is -0.144. The number of ether oxygens (including phenoxy) is 5. The van der Waals surface area contributed by atoms with Crippen LogP contribution in [-0.4, -0.2) is 165 Å². The number of β-amino-alcohol motifs (C(OH)–C–C–N with tert-alkyl or cyclic N) is 1. The summed E-state index contributed by atoms with van der Waals surface area (Å²) in [4.78, 5) is 68.8. The first-order chi connectivity index (χ1) is 38.3. The Morgan fingerprint density at radius 3 is 2.17 bits per heavy atom. The van der Waals surface area contributed by atoms with E-state index in [4.69, 9.17) is 39.0 Å². The number of likely N-dealkylation sites (tertiary alicyclic amines) is 1. The molecular weight excluding hydrogens is 1050 g/mol. The highest BCUT2D eigenvalue weighted by atomic mass is 32.1. The largest absolute Gasteiger partial charge is 0.490 e. The molecule has 1 aliphatic heterocycles. The molecule has 436 valence electrons. The van der Waals surface area contributed by atoms with E-state index in [9.17, 15) is 29.4 Å². The van der Waals surface area contributed by atoms with Gasteiger partial charge < -0.3 is 65.0 Å². The molecule has 1 aliphatic rings. The van der Waals surface area contributed by atoms with Crippen LogP contribution in [0.4, 0.5) is 5.82 Å². The minimum absolute atomic E-state index is 0.0130. The smallest absolute Gasteiger partial charge is 0.246 e. The number of nitrogen functional groups attached to an aromatic ring is 1. The highest BCUT2D eigenvalue weighted by Crippen LogP contribution is 2.34. The zero-order valence-electron chi connectivity index (χ0n) is 47.1. The van der Waals surface area contributed by atoms with E-state index in [1.54, 1.807) is 31.4 Å². The number of unbranched alkanes of at least 4 members (excludes halogenated alkanes) is 4. The summed E-state index contributed by atoms with van der Waals surface area (Å²) in [5.74, 6) is 5.62. The lowest BCUT2D eigenvalue weighted by Gasteiger charge is -2.35. The van der Waals surface area contributed by atoms with Gasteiger partial charge in [-0.25, -0.2) is 19.6 Å². The number of aliphatic hydroxyl groups excluding tert-OH is 1. The Morgan fingerprint density at radius 1 is 0.863 bits per heavy atom. The number of anilines is 1. The lowest BCUT2D eigenvalue weighted by Crippen LogP contribution is -2.57. The quantitative estimate of drug-likeness (QED) is 0.0250. The first-order valence-corrected chi connectivity index (χ1v) is 28.2. The zero-order chi connectivity index (χ0) is 57.7. The summed E-state index contributed by atoms with van der Waals surface area (Å²) in [7, 11) is 0. The third kappa shape index (κ3) is 19.0. The Labute approximate surface area is 471 Å². The molecule has 3 atom stereocenters. The van der Waals surface area contributed by atoms with Gasteiger partial charge >= 0.3 is 0 Å². The van der Waals surface area contributed by atoms with E-state index in [-0.39, 0.29) is 62.7 Å². The minimum atomic E-state index is -1.23. The number of hydrogen-bond acceptors (Lipinski definition) is 19. The molecule has 1 aromatic carbocycles. The molecule has 5 heterocycles. The molecule has 0 unspecified atom stereocenters. The molecule has 7 N–H and O–H groups in total. The van der Waals surface area contributed by atoms with Crippen molar-refractivity contribution in [2.45, 2.75) is 137 Å². The number of rotatable bonds is 32. The van der Waals surface area contributed by atoms with Crippen molar-refractivity contribution >= 4 is 51.8 Å². The highest BCUT2D eigenvalue weighted by molar-refractivity contribution is 7.13. The molecule has 5 aromatic rings. The molecule has 0 aliphatic carbocycles. The zero-order valence-corrected chi connectivity index (χ0v) is 48.0. The number of nitrogens with two attached hydrogens (primary N) is 1. The van der Waals surface area contributed by atoms with Crippen molar-refractivity contribution in [1.82, 2.24) is 50.7 Å². The number of aliphatic hydroxyl groups is 2. The third-order valence-electron chi connectivity index (χ3n) is 12.9. The van der Waals surface area contributed by atoms with Crippen molar-refractivity contribution in [3.8, 4) is 39.5 Å². The number of carbonyl (C=O) groups excluding carboxylic acids is 4. The highest BCUT2D eigenvalue weighted by Gasteiger charge is 2.44. The molecule has 23 nitrogen and oxygen atoms in total. The molecule has 0 radical (unpaired) electrons. The van der Waals surface area contributed by atoms with Crippen LogP contribution in [0.15, 0.2) is 40.6 Å². The van der Waals surface area contributed by atoms with E-state index >= 15 is 0 Å². The van der Waals surface area contributed by atoms with Gasteiger partial charge in [-0.1, -0.05) is 70.2 Å². The van der Waals surface area contributed by atoms with Gasteiger partial charge in [0.05, 0.1) is 87.8 Å². The number of fused-ring (bicyclic) bond motifs is 1. The van der Waals surface area contributed by atoms with Crippen molar-refractivity contribution in [3.63, 3.8) is 0 Å². The van der Waals surface area contributed by atoms with Gasteiger partial charge in [-0.2, -0.15) is 0 Å². The molecule has 6 rings (SSSR count). The minimum Gasteiger partial charge on any atom is -0.490 e. The van der Waals surface area contributed by atoms with Gasteiger partial charge in [0.25, 0.3) is 0 Å². The Kier molecular flexibility index (Phi) is 24.1. The van der Waals surface area contributed by atoms with Crippen molar-refractivity contribution in [3.05, 3.63) is 52.9 Å². The summed E-state index contributed by atoms with van der Waals surface area (Å²) in [6.07, 6.45) is 5.64. The fourth-order valence-electron chi connectivity index (χ4n) is 8.75.